The average molecular weight is 431 g/mol. The number of amides is 2. The Morgan fingerprint density at radius 3 is 2.17 bits per heavy atom. The van der Waals surface area contributed by atoms with Crippen molar-refractivity contribution in [2.75, 3.05) is 31.1 Å². The van der Waals surface area contributed by atoms with E-state index in [4.69, 9.17) is 0 Å². The first-order chi connectivity index (χ1) is 14.4. The molecule has 1 aromatic rings. The van der Waals surface area contributed by atoms with Gasteiger partial charge in [-0.15, -0.1) is 11.3 Å². The summed E-state index contributed by atoms with van der Waals surface area (Å²) in [5.74, 6) is 2.53. The van der Waals surface area contributed by atoms with E-state index in [1.807, 2.05) is 30.3 Å². The Labute approximate surface area is 183 Å². The summed E-state index contributed by atoms with van der Waals surface area (Å²) in [4.78, 5) is 35.5. The number of anilines is 1. The number of nitrogens with zero attached hydrogens (tertiary/aromatic N) is 3. The Morgan fingerprint density at radius 1 is 1.07 bits per heavy atom. The Morgan fingerprint density at radius 2 is 1.67 bits per heavy atom. The molecule has 1 aromatic heterocycles. The van der Waals surface area contributed by atoms with Crippen molar-refractivity contribution in [3.05, 3.63) is 11.6 Å². The highest BCUT2D eigenvalue weighted by Gasteiger charge is 2.55. The first kappa shape index (κ1) is 20.3. The van der Waals surface area contributed by atoms with E-state index in [2.05, 4.69) is 15.2 Å². The summed E-state index contributed by atoms with van der Waals surface area (Å²) >= 11 is 1.64. The van der Waals surface area contributed by atoms with E-state index < -0.39 is 6.04 Å². The normalized spacial score (nSPS) is 33.8. The highest BCUT2D eigenvalue weighted by atomic mass is 32.1. The molecular weight excluding hydrogens is 396 g/mol. The van der Waals surface area contributed by atoms with Crippen LogP contribution in [0.15, 0.2) is 11.6 Å². The molecule has 4 aliphatic carbocycles. The van der Waals surface area contributed by atoms with E-state index in [1.54, 1.807) is 11.3 Å². The van der Waals surface area contributed by atoms with Crippen molar-refractivity contribution in [3.63, 3.8) is 0 Å². The van der Waals surface area contributed by atoms with Crippen LogP contribution in [0, 0.1) is 29.1 Å². The summed E-state index contributed by atoms with van der Waals surface area (Å²) in [7, 11) is 0. The van der Waals surface area contributed by atoms with E-state index in [-0.39, 0.29) is 23.1 Å². The number of hydrogen-bond acceptors (Lipinski definition) is 5. The number of hydrogen-bond donors (Lipinski definition) is 1. The molecule has 6 nitrogen and oxygen atoms in total. The van der Waals surface area contributed by atoms with Gasteiger partial charge in [-0.05, 0) is 62.2 Å². The van der Waals surface area contributed by atoms with Crippen molar-refractivity contribution < 1.29 is 9.59 Å². The molecule has 0 spiro atoms. The second-order valence-electron chi connectivity index (χ2n) is 10.5. The molecule has 1 aliphatic heterocycles. The van der Waals surface area contributed by atoms with Crippen molar-refractivity contribution in [1.82, 2.24) is 15.2 Å². The molecule has 5 fully saturated rings. The van der Waals surface area contributed by atoms with Gasteiger partial charge in [-0.1, -0.05) is 13.8 Å². The summed E-state index contributed by atoms with van der Waals surface area (Å²) in [6.07, 6.45) is 8.91. The molecule has 7 heteroatoms. The molecule has 4 bridgehead atoms. The molecule has 0 aromatic carbocycles. The molecule has 30 heavy (non-hydrogen) atoms. The maximum Gasteiger partial charge on any atom is 0.245 e. The first-order valence-corrected chi connectivity index (χ1v) is 12.6. The van der Waals surface area contributed by atoms with Gasteiger partial charge in [0.2, 0.25) is 11.8 Å². The van der Waals surface area contributed by atoms with Gasteiger partial charge in [-0.25, -0.2) is 4.98 Å². The molecule has 0 radical (unpaired) electrons. The monoisotopic (exact) mass is 430 g/mol. The predicted molar refractivity (Wildman–Crippen MR) is 118 cm³/mol. The third-order valence-electron chi connectivity index (χ3n) is 8.02. The van der Waals surface area contributed by atoms with E-state index in [0.717, 1.165) is 55.2 Å². The molecular formula is C23H34N4O2S. The van der Waals surface area contributed by atoms with Crippen LogP contribution in [-0.2, 0) is 9.59 Å². The zero-order valence-corrected chi connectivity index (χ0v) is 19.0. The van der Waals surface area contributed by atoms with Crippen LogP contribution in [0.3, 0.4) is 0 Å². The maximum absolute atomic E-state index is 13.5. The smallest absolute Gasteiger partial charge is 0.245 e. The van der Waals surface area contributed by atoms with Gasteiger partial charge in [0, 0.05) is 43.2 Å². The van der Waals surface area contributed by atoms with Gasteiger partial charge in [-0.2, -0.15) is 0 Å². The van der Waals surface area contributed by atoms with Gasteiger partial charge >= 0.3 is 0 Å². The number of rotatable bonds is 5. The van der Waals surface area contributed by atoms with E-state index in [0.29, 0.717) is 13.1 Å². The zero-order chi connectivity index (χ0) is 20.9. The highest BCUT2D eigenvalue weighted by molar-refractivity contribution is 7.13. The van der Waals surface area contributed by atoms with Gasteiger partial charge in [0.15, 0.2) is 5.13 Å². The molecule has 164 valence electrons. The summed E-state index contributed by atoms with van der Waals surface area (Å²) in [5, 5.41) is 6.27. The molecule has 1 atom stereocenters. The first-order valence-electron chi connectivity index (χ1n) is 11.7. The van der Waals surface area contributed by atoms with Crippen LogP contribution < -0.4 is 10.2 Å². The Bertz CT molecular complexity index is 750. The average Bonchev–Trinajstić information content (AvgIpc) is 3.25. The van der Waals surface area contributed by atoms with Crippen LogP contribution in [0.25, 0.3) is 0 Å². The molecule has 1 N–H and O–H groups in total. The number of thiazole rings is 1. The van der Waals surface area contributed by atoms with Gasteiger partial charge in [-0.3, -0.25) is 9.59 Å². The largest absolute Gasteiger partial charge is 0.345 e. The fourth-order valence-corrected chi connectivity index (χ4v) is 7.58. The number of carbonyl (C=O) groups is 2. The minimum Gasteiger partial charge on any atom is -0.345 e. The standard InChI is InChI=1S/C23H34N4O2S/c1-15(2)19(20(28)26-4-6-27(7-5-26)22-24-3-8-30-22)25-21(29)23-12-16-9-17(13-23)11-18(10-16)14-23/h3,8,15-19H,4-7,9-14H2,1-2H3,(H,25,29)/t16?,17?,18?,19-,23?/m0/s1. The predicted octanol–water partition coefficient (Wildman–Crippen LogP) is 3.15. The van der Waals surface area contributed by atoms with Crippen LogP contribution >= 0.6 is 11.3 Å². The Hall–Kier alpha value is -1.63. The quantitative estimate of drug-likeness (QED) is 0.779. The molecule has 5 aliphatic rings. The van der Waals surface area contributed by atoms with Gasteiger partial charge in [0.1, 0.15) is 6.04 Å². The fourth-order valence-electron chi connectivity index (χ4n) is 6.88. The van der Waals surface area contributed by atoms with Crippen molar-refractivity contribution in [3.8, 4) is 0 Å². The number of piperazine rings is 1. The highest BCUT2D eigenvalue weighted by Crippen LogP contribution is 2.60. The lowest BCUT2D eigenvalue weighted by Gasteiger charge is -2.56. The van der Waals surface area contributed by atoms with Gasteiger partial charge < -0.3 is 15.1 Å². The second-order valence-corrected chi connectivity index (χ2v) is 11.4. The lowest BCUT2D eigenvalue weighted by Crippen LogP contribution is -2.60. The van der Waals surface area contributed by atoms with E-state index in [1.165, 1.54) is 19.3 Å². The summed E-state index contributed by atoms with van der Waals surface area (Å²) in [6.45, 7) is 7.08. The van der Waals surface area contributed by atoms with Crippen molar-refractivity contribution >= 4 is 28.3 Å². The van der Waals surface area contributed by atoms with E-state index in [9.17, 15) is 9.59 Å². The summed E-state index contributed by atoms with van der Waals surface area (Å²) in [6, 6.07) is -0.420. The maximum atomic E-state index is 13.5. The van der Waals surface area contributed by atoms with Crippen molar-refractivity contribution in [1.29, 1.82) is 0 Å². The SMILES string of the molecule is CC(C)[C@H](NC(=O)C12CC3CC(CC(C3)C1)C2)C(=O)N1CCN(c2nccs2)CC1. The molecule has 0 unspecified atom stereocenters. The van der Waals surface area contributed by atoms with Crippen molar-refractivity contribution in [2.45, 2.75) is 58.4 Å². The lowest BCUT2D eigenvalue weighted by molar-refractivity contribution is -0.150. The third kappa shape index (κ3) is 3.63. The molecule has 6 rings (SSSR count). The lowest BCUT2D eigenvalue weighted by atomic mass is 9.49. The Balaban J connectivity index is 1.23. The summed E-state index contributed by atoms with van der Waals surface area (Å²) < 4.78 is 0. The minimum absolute atomic E-state index is 0.0851. The topological polar surface area (TPSA) is 65.5 Å². The van der Waals surface area contributed by atoms with Gasteiger partial charge in [0.05, 0.1) is 0 Å². The van der Waals surface area contributed by atoms with Crippen LogP contribution in [0.4, 0.5) is 5.13 Å². The molecule has 4 saturated carbocycles. The van der Waals surface area contributed by atoms with Crippen LogP contribution in [0.2, 0.25) is 0 Å². The second kappa shape index (κ2) is 7.81. The van der Waals surface area contributed by atoms with Crippen molar-refractivity contribution in [2.24, 2.45) is 29.1 Å². The van der Waals surface area contributed by atoms with Crippen LogP contribution in [0.5, 0.6) is 0 Å². The van der Waals surface area contributed by atoms with Crippen LogP contribution in [0.1, 0.15) is 52.4 Å². The number of nitrogens with one attached hydrogen (secondary N) is 1. The minimum atomic E-state index is -0.420. The van der Waals surface area contributed by atoms with Crippen LogP contribution in [-0.4, -0.2) is 53.9 Å². The number of carbonyl (C=O) groups excluding carboxylic acids is 2. The van der Waals surface area contributed by atoms with Gasteiger partial charge in [0.25, 0.3) is 0 Å². The fraction of sp³-hybridized carbons (Fsp3) is 0.783. The third-order valence-corrected chi connectivity index (χ3v) is 8.85. The molecule has 2 heterocycles. The Kier molecular flexibility index (Phi) is 5.28. The number of aromatic nitrogens is 1. The summed E-state index contributed by atoms with van der Waals surface area (Å²) in [5.41, 5.74) is -0.203. The molecule has 2 amide bonds. The van der Waals surface area contributed by atoms with E-state index >= 15 is 0 Å². The zero-order valence-electron chi connectivity index (χ0n) is 18.2. The molecule has 1 saturated heterocycles.